The highest BCUT2D eigenvalue weighted by molar-refractivity contribution is 7.99. The molecule has 1 N–H and O–H groups in total. The number of fused-ring (bicyclic) bond motifs is 1. The molecule has 0 bridgehead atoms. The molecular formula is C28H29N3O2S. The quantitative estimate of drug-likeness (QED) is 0.256. The van der Waals surface area contributed by atoms with Crippen LogP contribution in [0.25, 0.3) is 16.6 Å². The summed E-state index contributed by atoms with van der Waals surface area (Å²) in [6, 6.07) is 21.2. The molecule has 0 saturated carbocycles. The summed E-state index contributed by atoms with van der Waals surface area (Å²) in [5.74, 6) is 0.362. The number of para-hydroxylation sites is 2. The average molecular weight is 472 g/mol. The number of aryl methyl sites for hydroxylation is 2. The number of hydrogen-bond acceptors (Lipinski definition) is 4. The van der Waals surface area contributed by atoms with Gasteiger partial charge in [-0.05, 0) is 61.6 Å². The van der Waals surface area contributed by atoms with E-state index in [2.05, 4.69) is 25.2 Å². The number of amides is 1. The van der Waals surface area contributed by atoms with E-state index >= 15 is 0 Å². The number of carbonyl (C=O) groups is 1. The standard InChI is InChI=1S/C28H29N3O2S/c1-5-19(3)21-10-6-8-12-23(21)29-26(32)17-34-28-30-24-13-9-7-11-22(24)27(33)31(28)25-15-14-18(2)16-20(25)4/h6-16,19H,5,17H2,1-4H3,(H,29,32). The zero-order chi connectivity index (χ0) is 24.2. The Hall–Kier alpha value is -3.38. The average Bonchev–Trinajstić information content (AvgIpc) is 2.83. The third-order valence-electron chi connectivity index (χ3n) is 6.05. The van der Waals surface area contributed by atoms with E-state index in [1.165, 1.54) is 11.8 Å². The van der Waals surface area contributed by atoms with Gasteiger partial charge in [-0.1, -0.05) is 73.6 Å². The second-order valence-corrected chi connectivity index (χ2v) is 9.52. The molecule has 0 fully saturated rings. The second-order valence-electron chi connectivity index (χ2n) is 8.58. The van der Waals surface area contributed by atoms with Gasteiger partial charge in [0.15, 0.2) is 5.16 Å². The lowest BCUT2D eigenvalue weighted by Crippen LogP contribution is -2.23. The molecule has 1 aromatic heterocycles. The van der Waals surface area contributed by atoms with Crippen LogP contribution in [0, 0.1) is 13.8 Å². The Kier molecular flexibility index (Phi) is 7.17. The third-order valence-corrected chi connectivity index (χ3v) is 6.99. The van der Waals surface area contributed by atoms with E-state index in [4.69, 9.17) is 4.98 Å². The smallest absolute Gasteiger partial charge is 0.266 e. The molecule has 0 radical (unpaired) electrons. The van der Waals surface area contributed by atoms with Crippen molar-refractivity contribution in [3.8, 4) is 5.69 Å². The van der Waals surface area contributed by atoms with E-state index in [9.17, 15) is 9.59 Å². The first-order valence-corrected chi connectivity index (χ1v) is 12.5. The number of benzene rings is 3. The topological polar surface area (TPSA) is 64.0 Å². The molecule has 0 saturated heterocycles. The van der Waals surface area contributed by atoms with Gasteiger partial charge in [-0.3, -0.25) is 14.2 Å². The van der Waals surface area contributed by atoms with Crippen molar-refractivity contribution in [1.29, 1.82) is 0 Å². The highest BCUT2D eigenvalue weighted by Gasteiger charge is 2.17. The van der Waals surface area contributed by atoms with Gasteiger partial charge in [0.2, 0.25) is 5.91 Å². The summed E-state index contributed by atoms with van der Waals surface area (Å²) in [5.41, 5.74) is 5.32. The summed E-state index contributed by atoms with van der Waals surface area (Å²) in [4.78, 5) is 31.2. The Morgan fingerprint density at radius 3 is 2.56 bits per heavy atom. The van der Waals surface area contributed by atoms with Crippen LogP contribution in [0.1, 0.15) is 42.9 Å². The van der Waals surface area contributed by atoms with Gasteiger partial charge in [-0.25, -0.2) is 4.98 Å². The summed E-state index contributed by atoms with van der Waals surface area (Å²) in [6.45, 7) is 8.30. The third kappa shape index (κ3) is 4.92. The van der Waals surface area contributed by atoms with Crippen LogP contribution < -0.4 is 10.9 Å². The second kappa shape index (κ2) is 10.3. The summed E-state index contributed by atoms with van der Waals surface area (Å²) >= 11 is 1.27. The van der Waals surface area contributed by atoms with Crippen molar-refractivity contribution in [1.82, 2.24) is 9.55 Å². The Balaban J connectivity index is 1.67. The molecule has 1 heterocycles. The maximum Gasteiger partial charge on any atom is 0.266 e. The normalized spacial score (nSPS) is 12.0. The van der Waals surface area contributed by atoms with Crippen LogP contribution in [0.2, 0.25) is 0 Å². The number of rotatable bonds is 7. The fraction of sp³-hybridized carbons (Fsp3) is 0.250. The van der Waals surface area contributed by atoms with E-state index in [1.807, 2.05) is 68.4 Å². The van der Waals surface area contributed by atoms with E-state index in [1.54, 1.807) is 10.6 Å². The lowest BCUT2D eigenvalue weighted by atomic mass is 9.97. The van der Waals surface area contributed by atoms with Gasteiger partial charge in [0.25, 0.3) is 5.56 Å². The first-order valence-electron chi connectivity index (χ1n) is 11.5. The SMILES string of the molecule is CCC(C)c1ccccc1NC(=O)CSc1nc2ccccc2c(=O)n1-c1ccc(C)cc1C. The minimum atomic E-state index is -0.137. The molecule has 174 valence electrons. The number of anilines is 1. The molecule has 1 unspecified atom stereocenters. The van der Waals surface area contributed by atoms with Crippen LogP contribution in [-0.2, 0) is 4.79 Å². The molecule has 0 aliphatic carbocycles. The Morgan fingerprint density at radius 1 is 1.06 bits per heavy atom. The van der Waals surface area contributed by atoms with Crippen LogP contribution >= 0.6 is 11.8 Å². The maximum absolute atomic E-state index is 13.5. The summed E-state index contributed by atoms with van der Waals surface area (Å²) < 4.78 is 1.63. The summed E-state index contributed by atoms with van der Waals surface area (Å²) in [6.07, 6.45) is 0.991. The van der Waals surface area contributed by atoms with E-state index in [-0.39, 0.29) is 17.2 Å². The van der Waals surface area contributed by atoms with Gasteiger partial charge < -0.3 is 5.32 Å². The molecule has 34 heavy (non-hydrogen) atoms. The number of aromatic nitrogens is 2. The van der Waals surface area contributed by atoms with Gasteiger partial charge in [0.05, 0.1) is 22.3 Å². The van der Waals surface area contributed by atoms with Crippen LogP contribution in [0.4, 0.5) is 5.69 Å². The molecular weight excluding hydrogens is 442 g/mol. The molecule has 5 nitrogen and oxygen atoms in total. The zero-order valence-electron chi connectivity index (χ0n) is 20.0. The molecule has 0 aliphatic rings. The van der Waals surface area contributed by atoms with Crippen LogP contribution in [0.3, 0.4) is 0 Å². The molecule has 1 atom stereocenters. The van der Waals surface area contributed by atoms with Crippen LogP contribution in [-0.4, -0.2) is 21.2 Å². The monoisotopic (exact) mass is 471 g/mol. The van der Waals surface area contributed by atoms with E-state index in [0.717, 1.165) is 34.5 Å². The summed E-state index contributed by atoms with van der Waals surface area (Å²) in [7, 11) is 0. The van der Waals surface area contributed by atoms with Gasteiger partial charge in [0.1, 0.15) is 0 Å². The molecule has 0 spiro atoms. The van der Waals surface area contributed by atoms with E-state index < -0.39 is 0 Å². The Morgan fingerprint density at radius 2 is 1.79 bits per heavy atom. The highest BCUT2D eigenvalue weighted by atomic mass is 32.2. The zero-order valence-corrected chi connectivity index (χ0v) is 20.8. The van der Waals surface area contributed by atoms with Crippen molar-refractivity contribution in [3.63, 3.8) is 0 Å². The van der Waals surface area contributed by atoms with E-state index in [0.29, 0.717) is 22.0 Å². The molecule has 6 heteroatoms. The first-order chi connectivity index (χ1) is 16.4. The predicted molar refractivity (Wildman–Crippen MR) is 141 cm³/mol. The van der Waals surface area contributed by atoms with Crippen molar-refractivity contribution in [2.45, 2.75) is 45.2 Å². The van der Waals surface area contributed by atoms with Gasteiger partial charge >= 0.3 is 0 Å². The minimum absolute atomic E-state index is 0.129. The van der Waals surface area contributed by atoms with Crippen molar-refractivity contribution < 1.29 is 4.79 Å². The number of hydrogen-bond donors (Lipinski definition) is 1. The molecule has 4 rings (SSSR count). The van der Waals surface area contributed by atoms with Crippen molar-refractivity contribution >= 4 is 34.3 Å². The fourth-order valence-corrected chi connectivity index (χ4v) is 4.86. The lowest BCUT2D eigenvalue weighted by Gasteiger charge is -2.17. The van der Waals surface area contributed by atoms with Crippen molar-refractivity contribution in [2.24, 2.45) is 0 Å². The van der Waals surface area contributed by atoms with Gasteiger partial charge in [-0.2, -0.15) is 0 Å². The predicted octanol–water partition coefficient (Wildman–Crippen LogP) is 6.25. The van der Waals surface area contributed by atoms with Gasteiger partial charge in [0, 0.05) is 5.69 Å². The van der Waals surface area contributed by atoms with Crippen molar-refractivity contribution in [2.75, 3.05) is 11.1 Å². The Labute approximate surface area is 204 Å². The molecule has 1 amide bonds. The highest BCUT2D eigenvalue weighted by Crippen LogP contribution is 2.28. The van der Waals surface area contributed by atoms with Gasteiger partial charge in [-0.15, -0.1) is 0 Å². The van der Waals surface area contributed by atoms with Crippen LogP contribution in [0.15, 0.2) is 76.7 Å². The molecule has 0 aliphatic heterocycles. The molecule has 4 aromatic rings. The number of nitrogens with one attached hydrogen (secondary N) is 1. The number of thioether (sulfide) groups is 1. The minimum Gasteiger partial charge on any atom is -0.325 e. The first kappa shape index (κ1) is 23.8. The number of nitrogens with zero attached hydrogens (tertiary/aromatic N) is 2. The summed E-state index contributed by atoms with van der Waals surface area (Å²) in [5, 5.41) is 4.11. The lowest BCUT2D eigenvalue weighted by molar-refractivity contribution is -0.113. The van der Waals surface area contributed by atoms with Crippen LogP contribution in [0.5, 0.6) is 0 Å². The maximum atomic E-state index is 13.5. The Bertz CT molecular complexity index is 1410. The number of carbonyl (C=O) groups excluding carboxylic acids is 1. The largest absolute Gasteiger partial charge is 0.325 e. The fourth-order valence-electron chi connectivity index (χ4n) is 4.05. The molecule has 3 aromatic carbocycles. The van der Waals surface area contributed by atoms with Crippen molar-refractivity contribution in [3.05, 3.63) is 93.8 Å².